The Kier molecular flexibility index (Phi) is 6.65. The standard InChI is InChI=1S/C20H24N2O6/c1-2-26-11-15-14-9-5-6-10-16(14)28-18(15)19(24)27-12-17(23)22-20(25)21-13-7-3-4-8-13/h5-6,9-10,13H,2-4,7-8,11-12H2,1H3,(H2,21,22,23,25). The second-order valence-electron chi connectivity index (χ2n) is 6.62. The number of rotatable bonds is 7. The first-order chi connectivity index (χ1) is 13.6. The Labute approximate surface area is 162 Å². The lowest BCUT2D eigenvalue weighted by Crippen LogP contribution is -2.45. The van der Waals surface area contributed by atoms with E-state index in [9.17, 15) is 14.4 Å². The molecule has 0 radical (unpaired) electrons. The number of carbonyl (C=O) groups is 3. The van der Waals surface area contributed by atoms with Crippen molar-refractivity contribution in [2.45, 2.75) is 45.3 Å². The zero-order valence-corrected chi connectivity index (χ0v) is 15.8. The molecule has 1 fully saturated rings. The summed E-state index contributed by atoms with van der Waals surface area (Å²) in [4.78, 5) is 36.1. The number of imide groups is 1. The molecule has 2 N–H and O–H groups in total. The van der Waals surface area contributed by atoms with Crippen LogP contribution in [0.25, 0.3) is 11.0 Å². The van der Waals surface area contributed by atoms with Crippen LogP contribution in [0, 0.1) is 0 Å². The molecule has 0 atom stereocenters. The molecule has 28 heavy (non-hydrogen) atoms. The van der Waals surface area contributed by atoms with E-state index in [-0.39, 0.29) is 18.4 Å². The highest BCUT2D eigenvalue weighted by Crippen LogP contribution is 2.27. The van der Waals surface area contributed by atoms with Crippen LogP contribution in [0.15, 0.2) is 28.7 Å². The van der Waals surface area contributed by atoms with Gasteiger partial charge in [-0.1, -0.05) is 31.0 Å². The lowest BCUT2D eigenvalue weighted by molar-refractivity contribution is -0.123. The molecule has 0 saturated heterocycles. The summed E-state index contributed by atoms with van der Waals surface area (Å²) in [5.74, 6) is -1.48. The van der Waals surface area contributed by atoms with Gasteiger partial charge in [0.1, 0.15) is 5.58 Å². The zero-order valence-electron chi connectivity index (χ0n) is 15.8. The van der Waals surface area contributed by atoms with E-state index >= 15 is 0 Å². The number of hydrogen-bond acceptors (Lipinski definition) is 6. The Balaban J connectivity index is 1.58. The van der Waals surface area contributed by atoms with Gasteiger partial charge in [-0.3, -0.25) is 10.1 Å². The van der Waals surface area contributed by atoms with Crippen LogP contribution < -0.4 is 10.6 Å². The summed E-state index contributed by atoms with van der Waals surface area (Å²) in [7, 11) is 0. The molecular formula is C20H24N2O6. The van der Waals surface area contributed by atoms with E-state index in [0.717, 1.165) is 31.1 Å². The van der Waals surface area contributed by atoms with Gasteiger partial charge in [0.25, 0.3) is 5.91 Å². The van der Waals surface area contributed by atoms with Crippen molar-refractivity contribution in [3.05, 3.63) is 35.6 Å². The zero-order chi connectivity index (χ0) is 19.9. The smallest absolute Gasteiger partial charge is 0.375 e. The van der Waals surface area contributed by atoms with Crippen LogP contribution in [-0.4, -0.2) is 37.2 Å². The molecule has 3 rings (SSSR count). The van der Waals surface area contributed by atoms with E-state index in [4.69, 9.17) is 13.9 Å². The van der Waals surface area contributed by atoms with E-state index in [0.29, 0.717) is 17.8 Å². The molecule has 8 nitrogen and oxygen atoms in total. The lowest BCUT2D eigenvalue weighted by Gasteiger charge is -2.12. The lowest BCUT2D eigenvalue weighted by atomic mass is 10.1. The first kappa shape index (κ1) is 19.9. The maximum Gasteiger partial charge on any atom is 0.375 e. The van der Waals surface area contributed by atoms with Crippen LogP contribution in [0.1, 0.15) is 48.7 Å². The van der Waals surface area contributed by atoms with Gasteiger partial charge in [0.05, 0.1) is 6.61 Å². The first-order valence-corrected chi connectivity index (χ1v) is 9.44. The number of para-hydroxylation sites is 1. The minimum absolute atomic E-state index is 0.00198. The summed E-state index contributed by atoms with van der Waals surface area (Å²) < 4.78 is 16.0. The minimum atomic E-state index is -0.780. The number of nitrogens with one attached hydrogen (secondary N) is 2. The van der Waals surface area contributed by atoms with Crippen molar-refractivity contribution in [2.75, 3.05) is 13.2 Å². The van der Waals surface area contributed by atoms with Gasteiger partial charge in [-0.2, -0.15) is 0 Å². The maximum atomic E-state index is 12.4. The minimum Gasteiger partial charge on any atom is -0.450 e. The molecule has 0 bridgehead atoms. The van der Waals surface area contributed by atoms with Gasteiger partial charge in [-0.25, -0.2) is 9.59 Å². The molecule has 1 heterocycles. The number of amides is 3. The topological polar surface area (TPSA) is 107 Å². The van der Waals surface area contributed by atoms with Crippen molar-refractivity contribution < 1.29 is 28.3 Å². The molecule has 0 spiro atoms. The van der Waals surface area contributed by atoms with E-state index < -0.39 is 24.5 Å². The third-order valence-corrected chi connectivity index (χ3v) is 4.61. The average Bonchev–Trinajstić information content (AvgIpc) is 3.32. The highest BCUT2D eigenvalue weighted by atomic mass is 16.5. The van der Waals surface area contributed by atoms with E-state index in [1.54, 1.807) is 12.1 Å². The number of carbonyl (C=O) groups excluding carboxylic acids is 3. The van der Waals surface area contributed by atoms with Crippen molar-refractivity contribution in [2.24, 2.45) is 0 Å². The summed E-state index contributed by atoms with van der Waals surface area (Å²) in [6, 6.07) is 6.70. The monoisotopic (exact) mass is 388 g/mol. The van der Waals surface area contributed by atoms with Gasteiger partial charge in [-0.05, 0) is 25.8 Å². The van der Waals surface area contributed by atoms with Crippen molar-refractivity contribution in [1.29, 1.82) is 0 Å². The summed E-state index contributed by atoms with van der Waals surface area (Å²) in [6.45, 7) is 1.93. The predicted octanol–water partition coefficient (Wildman–Crippen LogP) is 2.89. The molecule has 1 saturated carbocycles. The molecule has 150 valence electrons. The number of hydrogen-bond donors (Lipinski definition) is 2. The molecule has 2 aromatic rings. The number of esters is 1. The molecule has 1 aromatic heterocycles. The van der Waals surface area contributed by atoms with Crippen molar-refractivity contribution in [3.63, 3.8) is 0 Å². The number of ether oxygens (including phenoxy) is 2. The molecule has 1 aliphatic carbocycles. The molecule has 1 aromatic carbocycles. The van der Waals surface area contributed by atoms with E-state index in [1.807, 2.05) is 19.1 Å². The number of benzene rings is 1. The maximum absolute atomic E-state index is 12.4. The Hall–Kier alpha value is -2.87. The van der Waals surface area contributed by atoms with Gasteiger partial charge in [0.2, 0.25) is 5.76 Å². The van der Waals surface area contributed by atoms with E-state index in [2.05, 4.69) is 10.6 Å². The molecule has 8 heteroatoms. The summed E-state index contributed by atoms with van der Waals surface area (Å²) in [5.41, 5.74) is 1.10. The second-order valence-corrected chi connectivity index (χ2v) is 6.62. The molecular weight excluding hydrogens is 364 g/mol. The molecule has 3 amide bonds. The van der Waals surface area contributed by atoms with Gasteiger partial charge in [0.15, 0.2) is 6.61 Å². The Bertz CT molecular complexity index is 853. The van der Waals surface area contributed by atoms with Gasteiger partial charge in [0, 0.05) is 23.6 Å². The fraction of sp³-hybridized carbons (Fsp3) is 0.450. The first-order valence-electron chi connectivity index (χ1n) is 9.44. The van der Waals surface area contributed by atoms with Crippen molar-refractivity contribution in [3.8, 4) is 0 Å². The highest BCUT2D eigenvalue weighted by molar-refractivity contribution is 5.99. The number of fused-ring (bicyclic) bond motifs is 1. The van der Waals surface area contributed by atoms with Crippen molar-refractivity contribution in [1.82, 2.24) is 10.6 Å². The Morgan fingerprint density at radius 1 is 1.18 bits per heavy atom. The van der Waals surface area contributed by atoms with Gasteiger partial charge in [-0.15, -0.1) is 0 Å². The van der Waals surface area contributed by atoms with Crippen LogP contribution in [-0.2, 0) is 20.9 Å². The van der Waals surface area contributed by atoms with Gasteiger partial charge < -0.3 is 19.2 Å². The number of furan rings is 1. The fourth-order valence-electron chi connectivity index (χ4n) is 3.26. The molecule has 0 aliphatic heterocycles. The normalized spacial score (nSPS) is 14.2. The van der Waals surface area contributed by atoms with Crippen LogP contribution >= 0.6 is 0 Å². The van der Waals surface area contributed by atoms with Crippen LogP contribution in [0.5, 0.6) is 0 Å². The summed E-state index contributed by atoms with van der Waals surface area (Å²) in [6.07, 6.45) is 3.95. The summed E-state index contributed by atoms with van der Waals surface area (Å²) in [5, 5.41) is 5.65. The third kappa shape index (κ3) is 4.89. The Morgan fingerprint density at radius 2 is 1.93 bits per heavy atom. The largest absolute Gasteiger partial charge is 0.450 e. The van der Waals surface area contributed by atoms with Crippen LogP contribution in [0.4, 0.5) is 4.79 Å². The quantitative estimate of drug-likeness (QED) is 0.707. The SMILES string of the molecule is CCOCc1c(C(=O)OCC(=O)NC(=O)NC2CCCC2)oc2ccccc12. The fourth-order valence-corrected chi connectivity index (χ4v) is 3.26. The molecule has 1 aliphatic rings. The Morgan fingerprint density at radius 3 is 2.68 bits per heavy atom. The van der Waals surface area contributed by atoms with Crippen molar-refractivity contribution >= 4 is 28.9 Å². The highest BCUT2D eigenvalue weighted by Gasteiger charge is 2.23. The predicted molar refractivity (Wildman–Crippen MR) is 101 cm³/mol. The van der Waals surface area contributed by atoms with Crippen LogP contribution in [0.2, 0.25) is 0 Å². The third-order valence-electron chi connectivity index (χ3n) is 4.61. The van der Waals surface area contributed by atoms with E-state index in [1.165, 1.54) is 0 Å². The second kappa shape index (κ2) is 9.36. The van der Waals surface area contributed by atoms with Crippen LogP contribution in [0.3, 0.4) is 0 Å². The molecule has 0 unspecified atom stereocenters. The number of urea groups is 1. The summed E-state index contributed by atoms with van der Waals surface area (Å²) >= 11 is 0. The average molecular weight is 388 g/mol. The van der Waals surface area contributed by atoms with Gasteiger partial charge >= 0.3 is 12.0 Å².